The van der Waals surface area contributed by atoms with E-state index >= 15 is 0 Å². The lowest BCUT2D eigenvalue weighted by Gasteiger charge is -1.94. The average molecular weight is 241 g/mol. The third-order valence-electron chi connectivity index (χ3n) is 2.77. The standard InChI is InChI=1S/C14H11NOS/c1-10-4-14(17-9-10)12-5-13-3-2-11(8-16)6-15(13)7-12/h2-9H,1H3. The number of aryl methyl sites for hydroxylation is 1. The quantitative estimate of drug-likeness (QED) is 0.625. The molecule has 0 bridgehead atoms. The van der Waals surface area contributed by atoms with E-state index in [0.717, 1.165) is 11.8 Å². The fourth-order valence-corrected chi connectivity index (χ4v) is 2.80. The largest absolute Gasteiger partial charge is 0.322 e. The number of fused-ring (bicyclic) bond motifs is 1. The van der Waals surface area contributed by atoms with Gasteiger partial charge >= 0.3 is 0 Å². The van der Waals surface area contributed by atoms with Gasteiger partial charge in [0.1, 0.15) is 0 Å². The molecular formula is C14H11NOS. The molecule has 3 heteroatoms. The summed E-state index contributed by atoms with van der Waals surface area (Å²) in [6.45, 7) is 2.10. The maximum atomic E-state index is 10.7. The number of hydrogen-bond acceptors (Lipinski definition) is 2. The molecule has 0 fully saturated rings. The second kappa shape index (κ2) is 3.86. The van der Waals surface area contributed by atoms with Gasteiger partial charge in [-0.15, -0.1) is 11.3 Å². The van der Waals surface area contributed by atoms with Crippen LogP contribution in [0.1, 0.15) is 15.9 Å². The van der Waals surface area contributed by atoms with Gasteiger partial charge in [-0.3, -0.25) is 4.79 Å². The molecular weight excluding hydrogens is 230 g/mol. The third-order valence-corrected chi connectivity index (χ3v) is 3.86. The van der Waals surface area contributed by atoms with Gasteiger partial charge in [0, 0.05) is 33.9 Å². The number of nitrogens with zero attached hydrogens (tertiary/aromatic N) is 1. The van der Waals surface area contributed by atoms with Gasteiger partial charge < -0.3 is 4.40 Å². The minimum atomic E-state index is 0.696. The second-order valence-electron chi connectivity index (χ2n) is 4.13. The average Bonchev–Trinajstić information content (AvgIpc) is 2.93. The first-order valence-corrected chi connectivity index (χ1v) is 6.27. The summed E-state index contributed by atoms with van der Waals surface area (Å²) in [5.41, 5.74) is 4.29. The molecule has 0 N–H and O–H groups in total. The molecule has 0 atom stereocenters. The van der Waals surface area contributed by atoms with Crippen LogP contribution in [0.15, 0.2) is 42.0 Å². The van der Waals surface area contributed by atoms with Crippen molar-refractivity contribution in [3.05, 3.63) is 53.2 Å². The number of carbonyl (C=O) groups excluding carboxylic acids is 1. The van der Waals surface area contributed by atoms with E-state index in [2.05, 4.69) is 30.6 Å². The number of aromatic nitrogens is 1. The predicted octanol–water partition coefficient (Wildman–Crippen LogP) is 3.79. The van der Waals surface area contributed by atoms with Crippen LogP contribution in [-0.2, 0) is 0 Å². The highest BCUT2D eigenvalue weighted by molar-refractivity contribution is 7.13. The van der Waals surface area contributed by atoms with Crippen LogP contribution < -0.4 is 0 Å². The molecule has 0 aromatic carbocycles. The van der Waals surface area contributed by atoms with Gasteiger partial charge in [0.25, 0.3) is 0 Å². The summed E-state index contributed by atoms with van der Waals surface area (Å²) < 4.78 is 1.99. The Balaban J connectivity index is 2.16. The van der Waals surface area contributed by atoms with E-state index in [0.29, 0.717) is 5.56 Å². The lowest BCUT2D eigenvalue weighted by atomic mass is 10.2. The Morgan fingerprint density at radius 1 is 1.24 bits per heavy atom. The van der Waals surface area contributed by atoms with Crippen molar-refractivity contribution in [1.82, 2.24) is 4.40 Å². The number of rotatable bonds is 2. The van der Waals surface area contributed by atoms with Gasteiger partial charge in [-0.1, -0.05) is 0 Å². The highest BCUT2D eigenvalue weighted by Crippen LogP contribution is 2.28. The molecule has 84 valence electrons. The Morgan fingerprint density at radius 2 is 2.12 bits per heavy atom. The Hall–Kier alpha value is -1.87. The lowest BCUT2D eigenvalue weighted by molar-refractivity contribution is 0.112. The van der Waals surface area contributed by atoms with E-state index in [1.807, 2.05) is 22.7 Å². The van der Waals surface area contributed by atoms with Gasteiger partial charge in [-0.2, -0.15) is 0 Å². The summed E-state index contributed by atoms with van der Waals surface area (Å²) in [7, 11) is 0. The van der Waals surface area contributed by atoms with Crippen LogP contribution in [0.5, 0.6) is 0 Å². The Kier molecular flexibility index (Phi) is 2.34. The van der Waals surface area contributed by atoms with Crippen molar-refractivity contribution in [2.24, 2.45) is 0 Å². The maximum absolute atomic E-state index is 10.7. The molecule has 2 nitrogen and oxygen atoms in total. The number of pyridine rings is 1. The molecule has 0 aliphatic carbocycles. The molecule has 0 aliphatic rings. The molecule has 3 aromatic rings. The van der Waals surface area contributed by atoms with Crippen molar-refractivity contribution in [3.63, 3.8) is 0 Å². The van der Waals surface area contributed by atoms with E-state index in [4.69, 9.17) is 0 Å². The summed E-state index contributed by atoms with van der Waals surface area (Å²) in [4.78, 5) is 12.0. The van der Waals surface area contributed by atoms with Gasteiger partial charge in [0.15, 0.2) is 6.29 Å². The molecule has 0 spiro atoms. The monoisotopic (exact) mass is 241 g/mol. The lowest BCUT2D eigenvalue weighted by Crippen LogP contribution is -1.85. The molecule has 0 amide bonds. The van der Waals surface area contributed by atoms with Crippen molar-refractivity contribution >= 4 is 23.1 Å². The van der Waals surface area contributed by atoms with Crippen molar-refractivity contribution < 1.29 is 4.79 Å². The summed E-state index contributed by atoms with van der Waals surface area (Å²) in [5, 5.41) is 2.15. The zero-order chi connectivity index (χ0) is 11.8. The maximum Gasteiger partial charge on any atom is 0.151 e. The van der Waals surface area contributed by atoms with Crippen LogP contribution in [-0.4, -0.2) is 10.7 Å². The van der Waals surface area contributed by atoms with Crippen LogP contribution in [0, 0.1) is 6.92 Å². The van der Waals surface area contributed by atoms with Crippen LogP contribution in [0.3, 0.4) is 0 Å². The summed E-state index contributed by atoms with van der Waals surface area (Å²) in [6, 6.07) is 8.12. The highest BCUT2D eigenvalue weighted by atomic mass is 32.1. The van der Waals surface area contributed by atoms with E-state index in [1.165, 1.54) is 16.0 Å². The predicted molar refractivity (Wildman–Crippen MR) is 70.8 cm³/mol. The fourth-order valence-electron chi connectivity index (χ4n) is 1.91. The zero-order valence-electron chi connectivity index (χ0n) is 9.38. The Morgan fingerprint density at radius 3 is 2.82 bits per heavy atom. The first-order chi connectivity index (χ1) is 8.26. The Bertz CT molecular complexity index is 693. The molecule has 3 aromatic heterocycles. The summed E-state index contributed by atoms with van der Waals surface area (Å²) in [5.74, 6) is 0. The van der Waals surface area contributed by atoms with Crippen LogP contribution >= 0.6 is 11.3 Å². The van der Waals surface area contributed by atoms with Crippen molar-refractivity contribution in [2.45, 2.75) is 6.92 Å². The van der Waals surface area contributed by atoms with Gasteiger partial charge in [-0.25, -0.2) is 0 Å². The third kappa shape index (κ3) is 1.78. The van der Waals surface area contributed by atoms with Crippen molar-refractivity contribution in [1.29, 1.82) is 0 Å². The molecule has 3 heterocycles. The van der Waals surface area contributed by atoms with Gasteiger partial charge in [0.05, 0.1) is 0 Å². The Labute approximate surface area is 103 Å². The fraction of sp³-hybridized carbons (Fsp3) is 0.0714. The van der Waals surface area contributed by atoms with E-state index in [9.17, 15) is 4.79 Å². The normalized spacial score (nSPS) is 10.9. The van der Waals surface area contributed by atoms with E-state index < -0.39 is 0 Å². The van der Waals surface area contributed by atoms with Gasteiger partial charge in [0.2, 0.25) is 0 Å². The topological polar surface area (TPSA) is 21.5 Å². The molecule has 0 radical (unpaired) electrons. The molecule has 0 aliphatic heterocycles. The number of hydrogen-bond donors (Lipinski definition) is 0. The van der Waals surface area contributed by atoms with Gasteiger partial charge in [-0.05, 0) is 42.1 Å². The van der Waals surface area contributed by atoms with Crippen LogP contribution in [0.25, 0.3) is 16.0 Å². The zero-order valence-corrected chi connectivity index (χ0v) is 10.2. The van der Waals surface area contributed by atoms with Crippen molar-refractivity contribution in [2.75, 3.05) is 0 Å². The van der Waals surface area contributed by atoms with Crippen molar-refractivity contribution in [3.8, 4) is 10.4 Å². The molecule has 0 saturated heterocycles. The molecule has 17 heavy (non-hydrogen) atoms. The first kappa shape index (κ1) is 10.3. The highest BCUT2D eigenvalue weighted by Gasteiger charge is 2.04. The minimum absolute atomic E-state index is 0.696. The molecule has 0 unspecified atom stereocenters. The molecule has 0 saturated carbocycles. The second-order valence-corrected chi connectivity index (χ2v) is 5.04. The smallest absolute Gasteiger partial charge is 0.151 e. The van der Waals surface area contributed by atoms with E-state index in [1.54, 1.807) is 11.3 Å². The van der Waals surface area contributed by atoms with Crippen LogP contribution in [0.2, 0.25) is 0 Å². The summed E-state index contributed by atoms with van der Waals surface area (Å²) >= 11 is 1.74. The minimum Gasteiger partial charge on any atom is -0.322 e. The SMILES string of the molecule is Cc1csc(-c2cc3ccc(C=O)cn3c2)c1. The number of thiophene rings is 1. The van der Waals surface area contributed by atoms with E-state index in [-0.39, 0.29) is 0 Å². The number of carbonyl (C=O) groups is 1. The summed E-state index contributed by atoms with van der Waals surface area (Å²) in [6.07, 6.45) is 4.79. The first-order valence-electron chi connectivity index (χ1n) is 5.39. The molecule has 3 rings (SSSR count). The number of aldehydes is 1. The van der Waals surface area contributed by atoms with Crippen LogP contribution in [0.4, 0.5) is 0 Å².